The van der Waals surface area contributed by atoms with Crippen LogP contribution in [0.4, 0.5) is 0 Å². The summed E-state index contributed by atoms with van der Waals surface area (Å²) in [6.07, 6.45) is 0. The van der Waals surface area contributed by atoms with Crippen LogP contribution in [0, 0.1) is 0 Å². The zero-order valence-electron chi connectivity index (χ0n) is 6.29. The molecule has 0 unspecified atom stereocenters. The Morgan fingerprint density at radius 2 is 1.90 bits per heavy atom. The molecule has 3 heteroatoms. The zero-order chi connectivity index (χ0) is 6.97. The maximum Gasteiger partial charge on any atom is 0.0346 e. The normalized spacial score (nSPS) is 45.9. The molecule has 0 aliphatic carbocycles. The molecule has 2 bridgehead atoms. The van der Waals surface area contributed by atoms with E-state index in [1.165, 1.54) is 32.7 Å². The molecule has 0 aromatic rings. The Hall–Kier alpha value is -0.120. The van der Waals surface area contributed by atoms with Crippen molar-refractivity contribution in [1.82, 2.24) is 9.80 Å². The van der Waals surface area contributed by atoms with Crippen LogP contribution in [0.25, 0.3) is 0 Å². The molecule has 0 radical (unpaired) electrons. The van der Waals surface area contributed by atoms with Gasteiger partial charge in [-0.1, -0.05) is 0 Å². The molecule has 10 heavy (non-hydrogen) atoms. The van der Waals surface area contributed by atoms with Gasteiger partial charge >= 0.3 is 0 Å². The lowest BCUT2D eigenvalue weighted by molar-refractivity contribution is 0.0172. The fourth-order valence-electron chi connectivity index (χ4n) is 1.95. The van der Waals surface area contributed by atoms with Crippen LogP contribution in [0.15, 0.2) is 0 Å². The van der Waals surface area contributed by atoms with Crippen LogP contribution in [0.3, 0.4) is 0 Å². The van der Waals surface area contributed by atoms with Gasteiger partial charge in [0.25, 0.3) is 0 Å². The lowest BCUT2D eigenvalue weighted by Gasteiger charge is -2.47. The third kappa shape index (κ3) is 0.944. The Morgan fingerprint density at radius 1 is 1.20 bits per heavy atom. The average Bonchev–Trinajstić information content (AvgIpc) is 2.06. The summed E-state index contributed by atoms with van der Waals surface area (Å²) in [5.41, 5.74) is 5.62. The van der Waals surface area contributed by atoms with Crippen molar-refractivity contribution in [3.05, 3.63) is 0 Å². The summed E-state index contributed by atoms with van der Waals surface area (Å²) >= 11 is 0. The number of piperazine rings is 3. The molecule has 3 rings (SSSR count). The van der Waals surface area contributed by atoms with Crippen molar-refractivity contribution in [2.45, 2.75) is 6.04 Å². The second kappa shape index (κ2) is 2.49. The van der Waals surface area contributed by atoms with Gasteiger partial charge in [0.2, 0.25) is 0 Å². The molecule has 3 saturated heterocycles. The second-order valence-electron chi connectivity index (χ2n) is 3.23. The summed E-state index contributed by atoms with van der Waals surface area (Å²) < 4.78 is 0. The highest BCUT2D eigenvalue weighted by Gasteiger charge is 2.30. The van der Waals surface area contributed by atoms with Gasteiger partial charge in [-0.25, -0.2) is 0 Å². The van der Waals surface area contributed by atoms with E-state index in [4.69, 9.17) is 5.73 Å². The summed E-state index contributed by atoms with van der Waals surface area (Å²) in [5, 5.41) is 0. The fourth-order valence-corrected chi connectivity index (χ4v) is 1.95. The highest BCUT2D eigenvalue weighted by atomic mass is 15.3. The molecular formula is C7H15N3. The molecule has 58 valence electrons. The van der Waals surface area contributed by atoms with Gasteiger partial charge in [-0.15, -0.1) is 0 Å². The van der Waals surface area contributed by atoms with Crippen LogP contribution in [0.2, 0.25) is 0 Å². The molecule has 3 heterocycles. The molecule has 3 aliphatic rings. The van der Waals surface area contributed by atoms with Crippen molar-refractivity contribution in [2.24, 2.45) is 5.73 Å². The minimum absolute atomic E-state index is 0.655. The number of nitrogens with zero attached hydrogens (tertiary/aromatic N) is 2. The molecule has 3 fully saturated rings. The summed E-state index contributed by atoms with van der Waals surface area (Å²) in [4.78, 5) is 5.03. The van der Waals surface area contributed by atoms with Gasteiger partial charge in [0.1, 0.15) is 0 Å². The van der Waals surface area contributed by atoms with Crippen molar-refractivity contribution < 1.29 is 0 Å². The van der Waals surface area contributed by atoms with E-state index in [0.29, 0.717) is 6.04 Å². The van der Waals surface area contributed by atoms with Crippen LogP contribution in [0.1, 0.15) is 0 Å². The van der Waals surface area contributed by atoms with Crippen LogP contribution in [-0.2, 0) is 0 Å². The minimum Gasteiger partial charge on any atom is -0.329 e. The number of hydrogen-bond donors (Lipinski definition) is 1. The van der Waals surface area contributed by atoms with E-state index in [1.54, 1.807) is 0 Å². The van der Waals surface area contributed by atoms with Gasteiger partial charge in [-0.2, -0.15) is 0 Å². The topological polar surface area (TPSA) is 32.5 Å². The van der Waals surface area contributed by atoms with Gasteiger partial charge in [0, 0.05) is 45.3 Å². The maximum absolute atomic E-state index is 5.62. The Kier molecular flexibility index (Phi) is 1.64. The van der Waals surface area contributed by atoms with Gasteiger partial charge < -0.3 is 5.73 Å². The van der Waals surface area contributed by atoms with E-state index in [-0.39, 0.29) is 0 Å². The molecule has 3 aliphatic heterocycles. The summed E-state index contributed by atoms with van der Waals surface area (Å²) in [5.74, 6) is 0. The quantitative estimate of drug-likeness (QED) is 0.505. The Bertz CT molecular complexity index is 118. The van der Waals surface area contributed by atoms with Crippen LogP contribution in [0.5, 0.6) is 0 Å². The van der Waals surface area contributed by atoms with Crippen LogP contribution in [-0.4, -0.2) is 55.1 Å². The minimum atomic E-state index is 0.655. The predicted octanol–water partition coefficient (Wildman–Crippen LogP) is -1.06. The largest absolute Gasteiger partial charge is 0.329 e. The highest BCUT2D eigenvalue weighted by molar-refractivity contribution is 4.88. The summed E-state index contributed by atoms with van der Waals surface area (Å²) in [7, 11) is 0. The van der Waals surface area contributed by atoms with Gasteiger partial charge in [-0.3, -0.25) is 9.80 Å². The van der Waals surface area contributed by atoms with Gasteiger partial charge in [-0.05, 0) is 0 Å². The maximum atomic E-state index is 5.62. The fraction of sp³-hybridized carbons (Fsp3) is 1.00. The molecule has 2 N–H and O–H groups in total. The van der Waals surface area contributed by atoms with Crippen molar-refractivity contribution >= 4 is 0 Å². The predicted molar refractivity (Wildman–Crippen MR) is 40.9 cm³/mol. The Labute approximate surface area is 61.8 Å². The molecule has 0 saturated carbocycles. The smallest absolute Gasteiger partial charge is 0.0346 e. The lowest BCUT2D eigenvalue weighted by atomic mass is 10.1. The Morgan fingerprint density at radius 3 is 2.20 bits per heavy atom. The number of fused-ring (bicyclic) bond motifs is 3. The van der Waals surface area contributed by atoms with Gasteiger partial charge in [0.05, 0.1) is 0 Å². The molecule has 3 nitrogen and oxygen atoms in total. The molecular weight excluding hydrogens is 126 g/mol. The third-order valence-electron chi connectivity index (χ3n) is 2.66. The number of nitrogens with two attached hydrogens (primary N) is 1. The second-order valence-corrected chi connectivity index (χ2v) is 3.23. The van der Waals surface area contributed by atoms with E-state index in [9.17, 15) is 0 Å². The first-order valence-electron chi connectivity index (χ1n) is 4.06. The van der Waals surface area contributed by atoms with Crippen molar-refractivity contribution in [3.63, 3.8) is 0 Å². The molecule has 1 atom stereocenters. The van der Waals surface area contributed by atoms with Crippen molar-refractivity contribution in [3.8, 4) is 0 Å². The first-order valence-corrected chi connectivity index (χ1v) is 4.06. The van der Waals surface area contributed by atoms with Crippen molar-refractivity contribution in [2.75, 3.05) is 39.3 Å². The van der Waals surface area contributed by atoms with Gasteiger partial charge in [0.15, 0.2) is 0 Å². The molecule has 0 spiro atoms. The highest BCUT2D eigenvalue weighted by Crippen LogP contribution is 2.13. The monoisotopic (exact) mass is 141 g/mol. The van der Waals surface area contributed by atoms with Crippen LogP contribution >= 0.6 is 0 Å². The average molecular weight is 141 g/mol. The number of hydrogen-bond acceptors (Lipinski definition) is 3. The molecule has 0 aromatic carbocycles. The van der Waals surface area contributed by atoms with Crippen LogP contribution < -0.4 is 5.73 Å². The first kappa shape index (κ1) is 6.58. The van der Waals surface area contributed by atoms with E-state index >= 15 is 0 Å². The zero-order valence-corrected chi connectivity index (χ0v) is 6.29. The number of rotatable bonds is 1. The standard InChI is InChI=1S/C7H15N3/c8-5-7-6-9-1-3-10(7)4-2-9/h7H,1-6,8H2/t7-/m1/s1. The van der Waals surface area contributed by atoms with E-state index in [0.717, 1.165) is 6.54 Å². The van der Waals surface area contributed by atoms with E-state index in [1.807, 2.05) is 0 Å². The first-order chi connectivity index (χ1) is 4.90. The lowest BCUT2D eigenvalue weighted by Crippen LogP contribution is -2.62. The molecule has 0 amide bonds. The SMILES string of the molecule is NC[C@@H]1CN2CCN1CC2. The summed E-state index contributed by atoms with van der Waals surface area (Å²) in [6, 6.07) is 0.655. The van der Waals surface area contributed by atoms with E-state index in [2.05, 4.69) is 9.80 Å². The summed E-state index contributed by atoms with van der Waals surface area (Å²) in [6.45, 7) is 7.03. The molecule has 0 aromatic heterocycles. The van der Waals surface area contributed by atoms with E-state index < -0.39 is 0 Å². The Balaban J connectivity index is 2.01. The third-order valence-corrected chi connectivity index (χ3v) is 2.66. The van der Waals surface area contributed by atoms with Crippen molar-refractivity contribution in [1.29, 1.82) is 0 Å².